The van der Waals surface area contributed by atoms with Crippen molar-refractivity contribution < 1.29 is 23.8 Å². The topological polar surface area (TPSA) is 118 Å². The number of nitrogens with two attached hydrogens (primary N) is 3. The van der Waals surface area contributed by atoms with Crippen LogP contribution in [-0.2, 0) is 11.4 Å². The Bertz CT molecular complexity index is 869. The fraction of sp³-hybridized carbons (Fsp3) is 0.250. The van der Waals surface area contributed by atoms with Crippen molar-refractivity contribution >= 4 is 11.5 Å². The predicted octanol–water partition coefficient (Wildman–Crippen LogP) is 1.41. The van der Waals surface area contributed by atoms with Gasteiger partial charge in [0.15, 0.2) is 17.7 Å². The van der Waals surface area contributed by atoms with Gasteiger partial charge in [-0.25, -0.2) is 0 Å². The highest BCUT2D eigenvalue weighted by Crippen LogP contribution is 2.39. The maximum Gasteiger partial charge on any atom is 0.319 e. The van der Waals surface area contributed by atoms with Crippen LogP contribution < -0.4 is 31.4 Å². The lowest BCUT2D eigenvalue weighted by molar-refractivity contribution is -0.732. The third-order valence-electron chi connectivity index (χ3n) is 4.15. The monoisotopic (exact) mass is 387 g/mol. The van der Waals surface area contributed by atoms with E-state index in [1.54, 1.807) is 32.6 Å². The molecule has 28 heavy (non-hydrogen) atoms. The van der Waals surface area contributed by atoms with Crippen molar-refractivity contribution in [3.05, 3.63) is 59.3 Å². The molecule has 150 valence electrons. The normalized spacial score (nSPS) is 12.2. The molecule has 0 saturated carbocycles. The Hall–Kier alpha value is -3.39. The quantitative estimate of drug-likeness (QED) is 0.271. The predicted molar refractivity (Wildman–Crippen MR) is 108 cm³/mol. The molecule has 0 aliphatic rings. The molecule has 0 aliphatic carbocycles. The van der Waals surface area contributed by atoms with Crippen LogP contribution in [-0.4, -0.2) is 39.0 Å². The number of hydroxylamine groups is 1. The van der Waals surface area contributed by atoms with Crippen LogP contribution in [0, 0.1) is 0 Å². The minimum atomic E-state index is 0.369. The minimum absolute atomic E-state index is 0.369. The molecule has 0 spiro atoms. The molecule has 8 heteroatoms. The summed E-state index contributed by atoms with van der Waals surface area (Å²) in [6.07, 6.45) is 1.57. The number of amidine groups is 1. The van der Waals surface area contributed by atoms with Crippen LogP contribution in [0.15, 0.2) is 42.6 Å². The standard InChI is InChI=1S/C20H26N4O4/c1-25-17-9-15(10-18(26-2)19(17)27-3)16(22)12-24(28-4)20(23)14-7-5-6-13(8-14)11-21/h5-10,12,23H,11,21-22H2,1-4H3/p+1/b16-12-. The highest BCUT2D eigenvalue weighted by molar-refractivity contribution is 5.93. The second kappa shape index (κ2) is 9.52. The molecule has 0 amide bonds. The van der Waals surface area contributed by atoms with Gasteiger partial charge in [-0.3, -0.25) is 5.73 Å². The van der Waals surface area contributed by atoms with Gasteiger partial charge in [-0.2, -0.15) is 0 Å². The zero-order valence-corrected chi connectivity index (χ0v) is 16.6. The molecule has 2 aromatic rings. The van der Waals surface area contributed by atoms with Gasteiger partial charge in [0, 0.05) is 12.1 Å². The number of hydrogen-bond acceptors (Lipinski definition) is 6. The number of ether oxygens (including phenoxy) is 3. The molecule has 0 saturated heterocycles. The van der Waals surface area contributed by atoms with Gasteiger partial charge in [0.25, 0.3) is 0 Å². The van der Waals surface area contributed by atoms with Crippen molar-refractivity contribution in [2.45, 2.75) is 6.54 Å². The van der Waals surface area contributed by atoms with Gasteiger partial charge in [0.2, 0.25) is 5.75 Å². The van der Waals surface area contributed by atoms with Crippen molar-refractivity contribution in [3.8, 4) is 17.2 Å². The zero-order valence-electron chi connectivity index (χ0n) is 16.6. The number of hydrogen-bond donors (Lipinski definition) is 3. The van der Waals surface area contributed by atoms with E-state index in [-0.39, 0.29) is 0 Å². The Morgan fingerprint density at radius 2 is 1.57 bits per heavy atom. The van der Waals surface area contributed by atoms with E-state index in [1.165, 1.54) is 19.0 Å². The molecule has 0 unspecified atom stereocenters. The first-order valence-electron chi connectivity index (χ1n) is 8.51. The second-order valence-corrected chi connectivity index (χ2v) is 5.80. The summed E-state index contributed by atoms with van der Waals surface area (Å²) in [5, 5.41) is 0. The van der Waals surface area contributed by atoms with Crippen LogP contribution in [0.5, 0.6) is 17.2 Å². The summed E-state index contributed by atoms with van der Waals surface area (Å²) in [6, 6.07) is 11.0. The summed E-state index contributed by atoms with van der Waals surface area (Å²) >= 11 is 0. The summed E-state index contributed by atoms with van der Waals surface area (Å²) in [4.78, 5) is 5.39. The van der Waals surface area contributed by atoms with E-state index in [2.05, 4.69) is 0 Å². The van der Waals surface area contributed by atoms with Gasteiger partial charge in [-0.1, -0.05) is 12.1 Å². The number of methoxy groups -OCH3 is 3. The molecular weight excluding hydrogens is 360 g/mol. The maximum absolute atomic E-state index is 6.28. The van der Waals surface area contributed by atoms with Crippen molar-refractivity contribution in [2.24, 2.45) is 17.2 Å². The number of rotatable bonds is 8. The summed E-state index contributed by atoms with van der Waals surface area (Å²) < 4.78 is 17.5. The second-order valence-electron chi connectivity index (χ2n) is 5.80. The van der Waals surface area contributed by atoms with E-state index in [9.17, 15) is 0 Å². The molecular formula is C20H27N4O4+. The van der Waals surface area contributed by atoms with Gasteiger partial charge in [0.1, 0.15) is 7.11 Å². The Labute approximate surface area is 164 Å². The third kappa shape index (κ3) is 4.47. The molecule has 6 N–H and O–H groups in total. The first-order chi connectivity index (χ1) is 13.5. The van der Waals surface area contributed by atoms with Crippen molar-refractivity contribution in [3.63, 3.8) is 0 Å². The van der Waals surface area contributed by atoms with Crippen LogP contribution in [0.1, 0.15) is 16.7 Å². The van der Waals surface area contributed by atoms with E-state index < -0.39 is 0 Å². The van der Waals surface area contributed by atoms with Crippen LogP contribution in [0.4, 0.5) is 0 Å². The number of nitrogens with zero attached hydrogens (tertiary/aromatic N) is 1. The first-order valence-corrected chi connectivity index (χ1v) is 8.51. The van der Waals surface area contributed by atoms with E-state index in [1.807, 2.05) is 24.3 Å². The fourth-order valence-electron chi connectivity index (χ4n) is 2.65. The Kier molecular flexibility index (Phi) is 7.11. The highest BCUT2D eigenvalue weighted by atomic mass is 16.7. The lowest BCUT2D eigenvalue weighted by Gasteiger charge is -2.14. The zero-order chi connectivity index (χ0) is 20.7. The average molecular weight is 387 g/mol. The molecule has 2 rings (SSSR count). The minimum Gasteiger partial charge on any atom is -0.493 e. The van der Waals surface area contributed by atoms with Crippen molar-refractivity contribution in [2.75, 3.05) is 28.4 Å². The third-order valence-corrected chi connectivity index (χ3v) is 4.15. The Morgan fingerprint density at radius 3 is 2.07 bits per heavy atom. The van der Waals surface area contributed by atoms with Crippen LogP contribution in [0.3, 0.4) is 0 Å². The van der Waals surface area contributed by atoms with E-state index in [0.29, 0.717) is 40.9 Å². The average Bonchev–Trinajstić information content (AvgIpc) is 2.75. The van der Waals surface area contributed by atoms with Crippen LogP contribution >= 0.6 is 0 Å². The lowest BCUT2D eigenvalue weighted by atomic mass is 10.1. The summed E-state index contributed by atoms with van der Waals surface area (Å²) in [5.74, 6) is 1.83. The van der Waals surface area contributed by atoms with Crippen LogP contribution in [0.25, 0.3) is 5.70 Å². The van der Waals surface area contributed by atoms with Gasteiger partial charge in [0.05, 0.1) is 32.6 Å². The lowest BCUT2D eigenvalue weighted by Crippen LogP contribution is -2.26. The Balaban J connectivity index is 2.52. The van der Waals surface area contributed by atoms with Gasteiger partial charge in [-0.15, -0.1) is 0 Å². The fourth-order valence-corrected chi connectivity index (χ4v) is 2.65. The van der Waals surface area contributed by atoms with E-state index in [0.717, 1.165) is 11.1 Å². The van der Waals surface area contributed by atoms with Crippen molar-refractivity contribution in [1.29, 1.82) is 0 Å². The molecule has 0 fully saturated rings. The first kappa shape index (κ1) is 20.9. The molecule has 0 bridgehead atoms. The molecule has 2 aromatic carbocycles. The summed E-state index contributed by atoms with van der Waals surface area (Å²) in [6.45, 7) is 0.414. The van der Waals surface area contributed by atoms with Gasteiger partial charge in [-0.05, 0) is 34.6 Å². The largest absolute Gasteiger partial charge is 0.493 e. The van der Waals surface area contributed by atoms with E-state index >= 15 is 0 Å². The molecule has 0 aromatic heterocycles. The van der Waals surface area contributed by atoms with Crippen LogP contribution in [0.2, 0.25) is 0 Å². The van der Waals surface area contributed by atoms with E-state index in [4.69, 9.17) is 36.2 Å². The summed E-state index contributed by atoms with van der Waals surface area (Å²) in [7, 11) is 6.12. The maximum atomic E-state index is 6.28. The molecule has 0 heterocycles. The SMILES string of the molecule is COc1cc(/C(N)=C/[N+](OC)=C(\N)c2cccc(CN)c2)cc(OC)c1OC. The molecule has 8 nitrogen and oxygen atoms in total. The van der Waals surface area contributed by atoms with Crippen molar-refractivity contribution in [1.82, 2.24) is 0 Å². The molecule has 0 atom stereocenters. The number of benzene rings is 2. The summed E-state index contributed by atoms with van der Waals surface area (Å²) in [5.41, 5.74) is 21.0. The molecule has 0 radical (unpaired) electrons. The Morgan fingerprint density at radius 1 is 0.929 bits per heavy atom. The molecule has 0 aliphatic heterocycles. The van der Waals surface area contributed by atoms with Gasteiger partial charge < -0.3 is 30.5 Å². The van der Waals surface area contributed by atoms with Gasteiger partial charge >= 0.3 is 5.84 Å². The smallest absolute Gasteiger partial charge is 0.319 e. The highest BCUT2D eigenvalue weighted by Gasteiger charge is 2.17.